The maximum absolute atomic E-state index is 12.1. The Hall–Kier alpha value is -2.59. The number of amides is 2. The van der Waals surface area contributed by atoms with Gasteiger partial charge in [0.2, 0.25) is 11.8 Å². The van der Waals surface area contributed by atoms with Crippen molar-refractivity contribution >= 4 is 40.9 Å². The van der Waals surface area contributed by atoms with Crippen molar-refractivity contribution in [3.63, 3.8) is 0 Å². The molecule has 0 saturated carbocycles. The van der Waals surface area contributed by atoms with Gasteiger partial charge < -0.3 is 10.2 Å². The highest BCUT2D eigenvalue weighted by molar-refractivity contribution is 6.32. The molecular weight excluding hydrogens is 336 g/mol. The van der Waals surface area contributed by atoms with Crippen LogP contribution >= 0.6 is 11.6 Å². The Balaban J connectivity index is 1.68. The van der Waals surface area contributed by atoms with Crippen LogP contribution in [-0.2, 0) is 9.59 Å². The molecule has 0 radical (unpaired) electrons. The maximum Gasteiger partial charge on any atom is 0.248 e. The molecule has 0 atom stereocenters. The summed E-state index contributed by atoms with van der Waals surface area (Å²) in [5.41, 5.74) is 3.36. The molecule has 25 heavy (non-hydrogen) atoms. The van der Waals surface area contributed by atoms with Gasteiger partial charge in [0, 0.05) is 35.4 Å². The highest BCUT2D eigenvalue weighted by Crippen LogP contribution is 2.27. The molecule has 2 aromatic rings. The van der Waals surface area contributed by atoms with Gasteiger partial charge in [0.15, 0.2) is 0 Å². The summed E-state index contributed by atoms with van der Waals surface area (Å²) in [7, 11) is 0. The van der Waals surface area contributed by atoms with Crippen LogP contribution in [0.4, 0.5) is 11.4 Å². The lowest BCUT2D eigenvalue weighted by atomic mass is 10.1. The van der Waals surface area contributed by atoms with E-state index in [4.69, 9.17) is 11.6 Å². The fraction of sp³-hybridized carbons (Fsp3) is 0.200. The van der Waals surface area contributed by atoms with Crippen molar-refractivity contribution in [1.82, 2.24) is 0 Å². The minimum absolute atomic E-state index is 0.155. The fourth-order valence-electron chi connectivity index (χ4n) is 2.90. The third-order valence-corrected chi connectivity index (χ3v) is 4.49. The van der Waals surface area contributed by atoms with E-state index in [2.05, 4.69) is 5.32 Å². The number of hydrogen-bond acceptors (Lipinski definition) is 2. The minimum atomic E-state index is -0.232. The van der Waals surface area contributed by atoms with Crippen LogP contribution in [0, 0.1) is 6.92 Å². The summed E-state index contributed by atoms with van der Waals surface area (Å²) in [6, 6.07) is 12.9. The van der Waals surface area contributed by atoms with Gasteiger partial charge in [-0.25, -0.2) is 0 Å². The molecule has 1 saturated heterocycles. The number of benzene rings is 2. The molecule has 128 valence electrons. The molecule has 1 N–H and O–H groups in total. The molecule has 0 aliphatic carbocycles. The summed E-state index contributed by atoms with van der Waals surface area (Å²) in [5.74, 6) is -0.0770. The van der Waals surface area contributed by atoms with E-state index < -0.39 is 0 Å². The van der Waals surface area contributed by atoms with Crippen molar-refractivity contribution in [3.05, 3.63) is 64.7 Å². The van der Waals surface area contributed by atoms with Crippen molar-refractivity contribution in [2.45, 2.75) is 19.8 Å². The third-order valence-electron chi connectivity index (χ3n) is 4.15. The van der Waals surface area contributed by atoms with Crippen molar-refractivity contribution in [3.8, 4) is 0 Å². The van der Waals surface area contributed by atoms with Crippen LogP contribution in [0.1, 0.15) is 24.0 Å². The van der Waals surface area contributed by atoms with E-state index >= 15 is 0 Å². The van der Waals surface area contributed by atoms with Gasteiger partial charge in [0.1, 0.15) is 0 Å². The molecule has 4 nitrogen and oxygen atoms in total. The molecule has 2 amide bonds. The van der Waals surface area contributed by atoms with E-state index in [0.717, 1.165) is 29.8 Å². The van der Waals surface area contributed by atoms with E-state index in [9.17, 15) is 9.59 Å². The number of anilines is 2. The summed E-state index contributed by atoms with van der Waals surface area (Å²) in [5, 5.41) is 3.43. The Bertz CT molecular complexity index is 845. The van der Waals surface area contributed by atoms with Crippen LogP contribution in [-0.4, -0.2) is 18.4 Å². The Labute approximate surface area is 152 Å². The first-order valence-corrected chi connectivity index (χ1v) is 8.57. The Kier molecular flexibility index (Phi) is 5.19. The van der Waals surface area contributed by atoms with Crippen molar-refractivity contribution in [2.24, 2.45) is 0 Å². The molecule has 0 unspecified atom stereocenters. The molecule has 5 heteroatoms. The van der Waals surface area contributed by atoms with Crippen LogP contribution in [0.2, 0.25) is 5.02 Å². The van der Waals surface area contributed by atoms with Crippen molar-refractivity contribution < 1.29 is 9.59 Å². The summed E-state index contributed by atoms with van der Waals surface area (Å²) < 4.78 is 0. The molecule has 1 aliphatic heterocycles. The average Bonchev–Trinajstić information content (AvgIpc) is 3.00. The number of nitrogens with zero attached hydrogens (tertiary/aromatic N) is 1. The van der Waals surface area contributed by atoms with E-state index in [1.54, 1.807) is 17.0 Å². The first-order chi connectivity index (χ1) is 12.0. The van der Waals surface area contributed by atoms with E-state index in [1.807, 2.05) is 43.3 Å². The van der Waals surface area contributed by atoms with Gasteiger partial charge in [0.25, 0.3) is 0 Å². The van der Waals surface area contributed by atoms with Crippen LogP contribution < -0.4 is 10.2 Å². The van der Waals surface area contributed by atoms with Crippen LogP contribution in [0.5, 0.6) is 0 Å². The van der Waals surface area contributed by atoms with Gasteiger partial charge in [-0.1, -0.05) is 29.8 Å². The topological polar surface area (TPSA) is 49.4 Å². The second-order valence-corrected chi connectivity index (χ2v) is 6.40. The van der Waals surface area contributed by atoms with Crippen molar-refractivity contribution in [1.29, 1.82) is 0 Å². The molecule has 0 aromatic heterocycles. The lowest BCUT2D eigenvalue weighted by Gasteiger charge is -2.19. The highest BCUT2D eigenvalue weighted by Gasteiger charge is 2.22. The quantitative estimate of drug-likeness (QED) is 0.826. The van der Waals surface area contributed by atoms with Crippen molar-refractivity contribution in [2.75, 3.05) is 16.8 Å². The lowest BCUT2D eigenvalue weighted by Crippen LogP contribution is -2.24. The number of halogens is 1. The SMILES string of the molecule is Cc1cc(NC(=O)/C=C/c2ccccc2Cl)ccc1N1CCCC1=O. The number of carbonyl (C=O) groups is 2. The lowest BCUT2D eigenvalue weighted by molar-refractivity contribution is -0.117. The summed E-state index contributed by atoms with van der Waals surface area (Å²) >= 11 is 6.06. The molecular formula is C20H19ClN2O2. The van der Waals surface area contributed by atoms with Gasteiger partial charge >= 0.3 is 0 Å². The second-order valence-electron chi connectivity index (χ2n) is 5.99. The molecule has 0 spiro atoms. The first kappa shape index (κ1) is 17.2. The van der Waals surface area contributed by atoms with Gasteiger partial charge in [-0.2, -0.15) is 0 Å². The molecule has 0 bridgehead atoms. The molecule has 1 heterocycles. The summed E-state index contributed by atoms with van der Waals surface area (Å²) in [6.07, 6.45) is 4.63. The maximum atomic E-state index is 12.1. The van der Waals surface area contributed by atoms with Gasteiger partial charge in [0.05, 0.1) is 0 Å². The standard InChI is InChI=1S/C20H19ClN2O2/c1-14-13-16(9-10-18(14)23-12-4-7-20(23)25)22-19(24)11-8-15-5-2-3-6-17(15)21/h2-3,5-6,8-11,13H,4,7,12H2,1H3,(H,22,24)/b11-8+. The molecule has 3 rings (SSSR count). The van der Waals surface area contributed by atoms with E-state index in [-0.39, 0.29) is 11.8 Å². The summed E-state index contributed by atoms with van der Waals surface area (Å²) in [6.45, 7) is 2.70. The zero-order valence-corrected chi connectivity index (χ0v) is 14.7. The predicted octanol–water partition coefficient (Wildman–Crippen LogP) is 4.43. The average molecular weight is 355 g/mol. The number of carbonyl (C=O) groups excluding carboxylic acids is 2. The van der Waals surface area contributed by atoms with Crippen LogP contribution in [0.3, 0.4) is 0 Å². The van der Waals surface area contributed by atoms with Crippen LogP contribution in [0.25, 0.3) is 6.08 Å². The number of rotatable bonds is 4. The third kappa shape index (κ3) is 4.09. The minimum Gasteiger partial charge on any atom is -0.323 e. The number of hydrogen-bond donors (Lipinski definition) is 1. The van der Waals surface area contributed by atoms with Crippen LogP contribution in [0.15, 0.2) is 48.5 Å². The highest BCUT2D eigenvalue weighted by atomic mass is 35.5. The number of aryl methyl sites for hydroxylation is 1. The van der Waals surface area contributed by atoms with Gasteiger partial charge in [-0.05, 0) is 54.8 Å². The van der Waals surface area contributed by atoms with E-state index in [1.165, 1.54) is 6.08 Å². The smallest absolute Gasteiger partial charge is 0.248 e. The monoisotopic (exact) mass is 354 g/mol. The summed E-state index contributed by atoms with van der Waals surface area (Å²) in [4.78, 5) is 25.8. The predicted molar refractivity (Wildman–Crippen MR) is 102 cm³/mol. The number of nitrogens with one attached hydrogen (secondary N) is 1. The Morgan fingerprint density at radius 1 is 1.24 bits per heavy atom. The van der Waals surface area contributed by atoms with Gasteiger partial charge in [-0.15, -0.1) is 0 Å². The Morgan fingerprint density at radius 2 is 2.04 bits per heavy atom. The molecule has 2 aromatic carbocycles. The fourth-order valence-corrected chi connectivity index (χ4v) is 3.10. The molecule has 1 fully saturated rings. The van der Waals surface area contributed by atoms with Gasteiger partial charge in [-0.3, -0.25) is 9.59 Å². The van der Waals surface area contributed by atoms with E-state index in [0.29, 0.717) is 17.1 Å². The molecule has 1 aliphatic rings. The largest absolute Gasteiger partial charge is 0.323 e. The normalized spacial score (nSPS) is 14.3. The zero-order chi connectivity index (χ0) is 17.8. The Morgan fingerprint density at radius 3 is 2.72 bits per heavy atom. The zero-order valence-electron chi connectivity index (χ0n) is 14.0. The second kappa shape index (κ2) is 7.53. The first-order valence-electron chi connectivity index (χ1n) is 8.19.